The van der Waals surface area contributed by atoms with Crippen LogP contribution in [0, 0.1) is 5.82 Å². The van der Waals surface area contributed by atoms with Gasteiger partial charge < -0.3 is 20.0 Å². The highest BCUT2D eigenvalue weighted by atomic mass is 19.1. The van der Waals surface area contributed by atoms with Crippen LogP contribution in [0.1, 0.15) is 5.76 Å². The highest BCUT2D eigenvalue weighted by molar-refractivity contribution is 5.91. The van der Waals surface area contributed by atoms with Crippen LogP contribution in [0.2, 0.25) is 0 Å². The molecule has 3 N–H and O–H groups in total. The number of likely N-dealkylation sites (N-methyl/N-ethyl adjacent to an activating group) is 1. The molecule has 2 amide bonds. The Kier molecular flexibility index (Phi) is 5.87. The standard InChI is InChI=1S/C16H18FN3O3/c1-20(10-15(21)18-9-14-6-3-7-23-14)11-16(22)19-13-5-2-4-12(17)8-13/h2-8H,9-11H2,1H3,(H,18,21)(H,19,22)/p+1. The monoisotopic (exact) mass is 320 g/mol. The first-order valence-electron chi connectivity index (χ1n) is 7.19. The van der Waals surface area contributed by atoms with Crippen molar-refractivity contribution >= 4 is 17.5 Å². The van der Waals surface area contributed by atoms with Crippen LogP contribution in [0.15, 0.2) is 47.1 Å². The van der Waals surface area contributed by atoms with Crippen molar-refractivity contribution in [3.05, 3.63) is 54.2 Å². The summed E-state index contributed by atoms with van der Waals surface area (Å²) in [4.78, 5) is 24.4. The lowest BCUT2D eigenvalue weighted by Crippen LogP contribution is -3.11. The van der Waals surface area contributed by atoms with Crippen molar-refractivity contribution in [2.24, 2.45) is 0 Å². The van der Waals surface area contributed by atoms with Crippen LogP contribution in [-0.4, -0.2) is 32.0 Å². The Labute approximate surface area is 133 Å². The number of hydrogen-bond donors (Lipinski definition) is 3. The molecule has 1 unspecified atom stereocenters. The average molecular weight is 320 g/mol. The smallest absolute Gasteiger partial charge is 0.279 e. The van der Waals surface area contributed by atoms with Gasteiger partial charge in [0.1, 0.15) is 11.6 Å². The zero-order chi connectivity index (χ0) is 16.7. The van der Waals surface area contributed by atoms with Crippen molar-refractivity contribution < 1.29 is 23.3 Å². The van der Waals surface area contributed by atoms with Gasteiger partial charge in [0.25, 0.3) is 11.8 Å². The first-order chi connectivity index (χ1) is 11.0. The second kappa shape index (κ2) is 8.09. The van der Waals surface area contributed by atoms with E-state index in [0.29, 0.717) is 18.0 Å². The van der Waals surface area contributed by atoms with Crippen LogP contribution in [0.3, 0.4) is 0 Å². The fraction of sp³-hybridized carbons (Fsp3) is 0.250. The molecule has 0 aliphatic carbocycles. The molecule has 0 saturated heterocycles. The fourth-order valence-electron chi connectivity index (χ4n) is 2.04. The van der Waals surface area contributed by atoms with E-state index in [1.165, 1.54) is 24.5 Å². The third kappa shape index (κ3) is 5.91. The maximum atomic E-state index is 13.0. The van der Waals surface area contributed by atoms with E-state index in [2.05, 4.69) is 10.6 Å². The van der Waals surface area contributed by atoms with Gasteiger partial charge in [-0.3, -0.25) is 9.59 Å². The van der Waals surface area contributed by atoms with Gasteiger partial charge in [-0.15, -0.1) is 0 Å². The summed E-state index contributed by atoms with van der Waals surface area (Å²) in [7, 11) is 1.73. The Morgan fingerprint density at radius 3 is 2.65 bits per heavy atom. The van der Waals surface area contributed by atoms with Crippen LogP contribution in [0.4, 0.5) is 10.1 Å². The zero-order valence-corrected chi connectivity index (χ0v) is 12.8. The molecule has 7 heteroatoms. The molecular weight excluding hydrogens is 301 g/mol. The lowest BCUT2D eigenvalue weighted by molar-refractivity contribution is -0.862. The number of benzene rings is 1. The quantitative estimate of drug-likeness (QED) is 0.682. The number of nitrogens with one attached hydrogen (secondary N) is 3. The van der Waals surface area contributed by atoms with Crippen molar-refractivity contribution in [2.45, 2.75) is 6.54 Å². The summed E-state index contributed by atoms with van der Waals surface area (Å²) in [6, 6.07) is 9.18. The molecule has 0 aliphatic rings. The van der Waals surface area contributed by atoms with Gasteiger partial charge in [0, 0.05) is 5.69 Å². The van der Waals surface area contributed by atoms with Crippen LogP contribution in [0.5, 0.6) is 0 Å². The minimum atomic E-state index is -0.416. The molecule has 23 heavy (non-hydrogen) atoms. The van der Waals surface area contributed by atoms with E-state index < -0.39 is 5.82 Å². The normalized spacial score (nSPS) is 11.7. The molecule has 0 radical (unpaired) electrons. The molecule has 1 heterocycles. The van der Waals surface area contributed by atoms with Crippen molar-refractivity contribution in [2.75, 3.05) is 25.5 Å². The molecule has 0 fully saturated rings. The molecule has 0 saturated carbocycles. The van der Waals surface area contributed by atoms with Crippen LogP contribution in [-0.2, 0) is 16.1 Å². The predicted molar refractivity (Wildman–Crippen MR) is 82.2 cm³/mol. The van der Waals surface area contributed by atoms with Crippen LogP contribution < -0.4 is 15.5 Å². The highest BCUT2D eigenvalue weighted by Crippen LogP contribution is 2.08. The van der Waals surface area contributed by atoms with Gasteiger partial charge in [-0.05, 0) is 30.3 Å². The summed E-state index contributed by atoms with van der Waals surface area (Å²) in [6.07, 6.45) is 1.54. The molecule has 1 aromatic carbocycles. The number of halogens is 1. The molecule has 0 aliphatic heterocycles. The number of rotatable bonds is 7. The Bertz CT molecular complexity index is 658. The molecule has 122 valence electrons. The summed E-state index contributed by atoms with van der Waals surface area (Å²) in [5.41, 5.74) is 0.394. The van der Waals surface area contributed by atoms with E-state index in [1.807, 2.05) is 0 Å². The Balaban J connectivity index is 1.71. The lowest BCUT2D eigenvalue weighted by Gasteiger charge is -2.13. The van der Waals surface area contributed by atoms with E-state index in [-0.39, 0.29) is 24.9 Å². The summed E-state index contributed by atoms with van der Waals surface area (Å²) >= 11 is 0. The van der Waals surface area contributed by atoms with Gasteiger partial charge in [0.05, 0.1) is 19.9 Å². The van der Waals surface area contributed by atoms with Gasteiger partial charge in [-0.2, -0.15) is 0 Å². The van der Waals surface area contributed by atoms with Gasteiger partial charge in [-0.25, -0.2) is 4.39 Å². The first-order valence-corrected chi connectivity index (χ1v) is 7.19. The summed E-state index contributed by atoms with van der Waals surface area (Å²) in [5, 5.41) is 5.31. The maximum absolute atomic E-state index is 13.0. The van der Waals surface area contributed by atoms with Crippen molar-refractivity contribution in [1.82, 2.24) is 5.32 Å². The van der Waals surface area contributed by atoms with Crippen molar-refractivity contribution in [3.8, 4) is 0 Å². The van der Waals surface area contributed by atoms with Gasteiger partial charge in [-0.1, -0.05) is 6.07 Å². The van der Waals surface area contributed by atoms with Gasteiger partial charge in [0.2, 0.25) is 0 Å². The van der Waals surface area contributed by atoms with Crippen molar-refractivity contribution in [1.29, 1.82) is 0 Å². The molecule has 0 bridgehead atoms. The SMILES string of the molecule is C[NH+](CC(=O)NCc1ccco1)CC(=O)Nc1cccc(F)c1. The average Bonchev–Trinajstić information content (AvgIpc) is 2.98. The maximum Gasteiger partial charge on any atom is 0.279 e. The van der Waals surface area contributed by atoms with Gasteiger partial charge >= 0.3 is 0 Å². The Hall–Kier alpha value is -2.67. The Morgan fingerprint density at radius 1 is 1.17 bits per heavy atom. The minimum Gasteiger partial charge on any atom is -0.467 e. The molecule has 6 nitrogen and oxygen atoms in total. The van der Waals surface area contributed by atoms with Crippen LogP contribution >= 0.6 is 0 Å². The number of quaternary nitrogens is 1. The second-order valence-corrected chi connectivity index (χ2v) is 5.23. The minimum absolute atomic E-state index is 0.102. The van der Waals surface area contributed by atoms with Gasteiger partial charge in [0.15, 0.2) is 13.1 Å². The van der Waals surface area contributed by atoms with Crippen molar-refractivity contribution in [3.63, 3.8) is 0 Å². The predicted octanol–water partition coefficient (Wildman–Crippen LogP) is 0.188. The third-order valence-corrected chi connectivity index (χ3v) is 3.07. The number of hydrogen-bond acceptors (Lipinski definition) is 3. The topological polar surface area (TPSA) is 75.8 Å². The fourth-order valence-corrected chi connectivity index (χ4v) is 2.04. The van der Waals surface area contributed by atoms with Crippen LogP contribution in [0.25, 0.3) is 0 Å². The van der Waals surface area contributed by atoms with E-state index in [1.54, 1.807) is 25.2 Å². The molecular formula is C16H19FN3O3+. The number of carbonyl (C=O) groups is 2. The second-order valence-electron chi connectivity index (χ2n) is 5.23. The molecule has 0 spiro atoms. The number of furan rings is 1. The summed E-state index contributed by atoms with van der Waals surface area (Å²) < 4.78 is 18.1. The number of amides is 2. The summed E-state index contributed by atoms with van der Waals surface area (Å²) in [6.45, 7) is 0.566. The summed E-state index contributed by atoms with van der Waals surface area (Å²) in [5.74, 6) is -0.218. The molecule has 1 aromatic heterocycles. The highest BCUT2D eigenvalue weighted by Gasteiger charge is 2.14. The molecule has 1 atom stereocenters. The van der Waals surface area contributed by atoms with E-state index in [4.69, 9.17) is 4.42 Å². The molecule has 2 aromatic rings. The van der Waals surface area contributed by atoms with E-state index in [9.17, 15) is 14.0 Å². The first kappa shape index (κ1) is 16.7. The third-order valence-electron chi connectivity index (χ3n) is 3.07. The molecule has 2 rings (SSSR count). The number of carbonyl (C=O) groups excluding carboxylic acids is 2. The van der Waals surface area contributed by atoms with E-state index in [0.717, 1.165) is 4.90 Å². The largest absolute Gasteiger partial charge is 0.467 e. The number of anilines is 1. The zero-order valence-electron chi connectivity index (χ0n) is 12.8. The van der Waals surface area contributed by atoms with E-state index >= 15 is 0 Å². The lowest BCUT2D eigenvalue weighted by atomic mass is 10.3. The Morgan fingerprint density at radius 2 is 1.96 bits per heavy atom.